The van der Waals surface area contributed by atoms with Crippen LogP contribution in [0.3, 0.4) is 0 Å². The average Bonchev–Trinajstić information content (AvgIpc) is 2.39. The topological polar surface area (TPSA) is 17.1 Å². The van der Waals surface area contributed by atoms with Crippen LogP contribution < -0.4 is 0 Å². The van der Waals surface area contributed by atoms with Crippen molar-refractivity contribution < 1.29 is 4.79 Å². The van der Waals surface area contributed by atoms with E-state index in [0.717, 1.165) is 17.8 Å². The van der Waals surface area contributed by atoms with Crippen LogP contribution in [0.1, 0.15) is 41.6 Å². The summed E-state index contributed by atoms with van der Waals surface area (Å²) in [7, 11) is 0. The normalized spacial score (nSPS) is 22.7. The zero-order valence-electron chi connectivity index (χ0n) is 9.69. The van der Waals surface area contributed by atoms with Gasteiger partial charge in [0.15, 0.2) is 0 Å². The Morgan fingerprint density at radius 3 is 2.69 bits per heavy atom. The van der Waals surface area contributed by atoms with Crippen LogP contribution in [0.2, 0.25) is 0 Å². The van der Waals surface area contributed by atoms with E-state index in [1.54, 1.807) is 0 Å². The Morgan fingerprint density at radius 2 is 2.12 bits per heavy atom. The fraction of sp³-hybridized carbons (Fsp3) is 0.500. The maximum absolute atomic E-state index is 10.6. The van der Waals surface area contributed by atoms with Gasteiger partial charge in [-0.3, -0.25) is 4.79 Å². The number of carbonyl (C=O) groups excluding carboxylic acids is 1. The van der Waals surface area contributed by atoms with Crippen molar-refractivity contribution in [1.29, 1.82) is 0 Å². The summed E-state index contributed by atoms with van der Waals surface area (Å²) in [5.74, 6) is 4.04. The molecule has 0 radical (unpaired) electrons. The van der Waals surface area contributed by atoms with Crippen LogP contribution in [-0.2, 0) is 0 Å². The van der Waals surface area contributed by atoms with Gasteiger partial charge in [0.2, 0.25) is 0 Å². The molecule has 0 aliphatic carbocycles. The molecule has 2 rings (SSSR count). The highest BCUT2D eigenvalue weighted by atomic mass is 32.2. The fourth-order valence-electron chi connectivity index (χ4n) is 2.31. The molecule has 0 N–H and O–H groups in total. The van der Waals surface area contributed by atoms with Gasteiger partial charge in [-0.25, -0.2) is 0 Å². The van der Waals surface area contributed by atoms with E-state index in [4.69, 9.17) is 0 Å². The van der Waals surface area contributed by atoms with Gasteiger partial charge in [0.1, 0.15) is 6.29 Å². The predicted molar refractivity (Wildman–Crippen MR) is 70.3 cm³/mol. The van der Waals surface area contributed by atoms with Gasteiger partial charge in [-0.2, -0.15) is 11.8 Å². The van der Waals surface area contributed by atoms with Crippen LogP contribution in [0.5, 0.6) is 0 Å². The lowest BCUT2D eigenvalue weighted by Crippen LogP contribution is -2.17. The minimum absolute atomic E-state index is 0.619. The molecule has 16 heavy (non-hydrogen) atoms. The number of rotatable bonds is 3. The summed E-state index contributed by atoms with van der Waals surface area (Å²) < 4.78 is 0. The van der Waals surface area contributed by atoms with E-state index in [2.05, 4.69) is 30.8 Å². The summed E-state index contributed by atoms with van der Waals surface area (Å²) >= 11 is 2.08. The van der Waals surface area contributed by atoms with Crippen molar-refractivity contribution in [2.75, 3.05) is 11.5 Å². The molecule has 1 aliphatic rings. The van der Waals surface area contributed by atoms with Crippen LogP contribution in [0.25, 0.3) is 0 Å². The largest absolute Gasteiger partial charge is 0.298 e. The fourth-order valence-corrected chi connectivity index (χ4v) is 3.61. The molecule has 1 fully saturated rings. The van der Waals surface area contributed by atoms with Gasteiger partial charge in [0.05, 0.1) is 0 Å². The van der Waals surface area contributed by atoms with E-state index in [-0.39, 0.29) is 0 Å². The molecular weight excluding hydrogens is 216 g/mol. The number of thioether (sulfide) groups is 1. The molecule has 0 bridgehead atoms. The lowest BCUT2D eigenvalue weighted by atomic mass is 9.85. The first-order valence-corrected chi connectivity index (χ1v) is 7.09. The molecule has 1 aromatic carbocycles. The Hall–Kier alpha value is -0.760. The van der Waals surface area contributed by atoms with Crippen molar-refractivity contribution in [1.82, 2.24) is 0 Å². The maximum atomic E-state index is 10.6. The molecule has 1 aliphatic heterocycles. The van der Waals surface area contributed by atoms with Crippen molar-refractivity contribution in [3.63, 3.8) is 0 Å². The second kappa shape index (κ2) is 5.53. The Balaban J connectivity index is 2.06. The third-order valence-electron chi connectivity index (χ3n) is 3.50. The van der Waals surface area contributed by atoms with Gasteiger partial charge in [0.25, 0.3) is 0 Å². The highest BCUT2D eigenvalue weighted by Crippen LogP contribution is 2.34. The van der Waals surface area contributed by atoms with E-state index < -0.39 is 0 Å². The molecule has 86 valence electrons. The molecule has 1 nitrogen and oxygen atoms in total. The summed E-state index contributed by atoms with van der Waals surface area (Å²) in [6.45, 7) is 2.31. The van der Waals surface area contributed by atoms with Crippen molar-refractivity contribution in [3.8, 4) is 0 Å². The quantitative estimate of drug-likeness (QED) is 0.741. The number of hydrogen-bond donors (Lipinski definition) is 0. The summed E-state index contributed by atoms with van der Waals surface area (Å²) in [4.78, 5) is 10.6. The molecule has 0 amide bonds. The van der Waals surface area contributed by atoms with E-state index in [1.807, 2.05) is 12.1 Å². The van der Waals surface area contributed by atoms with E-state index in [1.165, 1.54) is 29.9 Å². The Labute approximate surface area is 102 Å². The van der Waals surface area contributed by atoms with Gasteiger partial charge in [-0.15, -0.1) is 0 Å². The minimum Gasteiger partial charge on any atom is -0.298 e. The van der Waals surface area contributed by atoms with Crippen LogP contribution >= 0.6 is 11.8 Å². The lowest BCUT2D eigenvalue weighted by molar-refractivity contribution is 0.112. The number of aldehydes is 1. The number of carbonyl (C=O) groups is 1. The zero-order chi connectivity index (χ0) is 11.4. The monoisotopic (exact) mass is 234 g/mol. The average molecular weight is 234 g/mol. The van der Waals surface area contributed by atoms with Crippen molar-refractivity contribution >= 4 is 18.0 Å². The predicted octanol–water partition coefficient (Wildman–Crippen LogP) is 3.75. The standard InChI is InChI=1S/C14H18OS/c1-11(14-3-2-8-16-10-14)13-6-4-12(9-15)5-7-13/h4-7,9,11,14H,2-3,8,10H2,1H3. The summed E-state index contributed by atoms with van der Waals surface area (Å²) in [5.41, 5.74) is 2.15. The summed E-state index contributed by atoms with van der Waals surface area (Å²) in [6.07, 6.45) is 3.61. The Bertz CT molecular complexity index is 338. The molecule has 1 saturated heterocycles. The van der Waals surface area contributed by atoms with Crippen LogP contribution in [0.15, 0.2) is 24.3 Å². The van der Waals surface area contributed by atoms with Crippen LogP contribution in [0, 0.1) is 5.92 Å². The molecule has 2 atom stereocenters. The molecular formula is C14H18OS. The number of hydrogen-bond acceptors (Lipinski definition) is 2. The molecule has 2 unspecified atom stereocenters. The first kappa shape index (κ1) is 11.7. The zero-order valence-corrected chi connectivity index (χ0v) is 10.5. The van der Waals surface area contributed by atoms with E-state index in [9.17, 15) is 4.79 Å². The van der Waals surface area contributed by atoms with Crippen molar-refractivity contribution in [3.05, 3.63) is 35.4 Å². The van der Waals surface area contributed by atoms with Crippen molar-refractivity contribution in [2.45, 2.75) is 25.7 Å². The van der Waals surface area contributed by atoms with Gasteiger partial charge in [-0.05, 0) is 41.7 Å². The number of benzene rings is 1. The van der Waals surface area contributed by atoms with Gasteiger partial charge < -0.3 is 0 Å². The second-order valence-electron chi connectivity index (χ2n) is 4.55. The summed E-state index contributed by atoms with van der Waals surface area (Å²) in [6, 6.07) is 8.06. The van der Waals surface area contributed by atoms with Gasteiger partial charge in [0, 0.05) is 5.56 Å². The third-order valence-corrected chi connectivity index (χ3v) is 4.74. The summed E-state index contributed by atoms with van der Waals surface area (Å²) in [5, 5.41) is 0. The first-order chi connectivity index (χ1) is 7.81. The lowest BCUT2D eigenvalue weighted by Gasteiger charge is -2.27. The smallest absolute Gasteiger partial charge is 0.150 e. The highest BCUT2D eigenvalue weighted by Gasteiger charge is 2.21. The maximum Gasteiger partial charge on any atom is 0.150 e. The molecule has 0 saturated carbocycles. The molecule has 1 aromatic rings. The van der Waals surface area contributed by atoms with Gasteiger partial charge in [-0.1, -0.05) is 31.2 Å². The molecule has 0 aromatic heterocycles. The van der Waals surface area contributed by atoms with E-state index in [0.29, 0.717) is 5.92 Å². The van der Waals surface area contributed by atoms with Gasteiger partial charge >= 0.3 is 0 Å². The Morgan fingerprint density at radius 1 is 1.38 bits per heavy atom. The second-order valence-corrected chi connectivity index (χ2v) is 5.70. The minimum atomic E-state index is 0.619. The first-order valence-electron chi connectivity index (χ1n) is 5.94. The SMILES string of the molecule is CC(c1ccc(C=O)cc1)C1CCCSC1. The van der Waals surface area contributed by atoms with Crippen LogP contribution in [-0.4, -0.2) is 17.8 Å². The third kappa shape index (κ3) is 2.67. The molecule has 2 heteroatoms. The van der Waals surface area contributed by atoms with E-state index >= 15 is 0 Å². The molecule has 0 spiro atoms. The Kier molecular flexibility index (Phi) is 4.05. The highest BCUT2D eigenvalue weighted by molar-refractivity contribution is 7.99. The molecule has 1 heterocycles. The van der Waals surface area contributed by atoms with Crippen molar-refractivity contribution in [2.24, 2.45) is 5.92 Å². The van der Waals surface area contributed by atoms with Crippen LogP contribution in [0.4, 0.5) is 0 Å².